The van der Waals surface area contributed by atoms with Gasteiger partial charge in [-0.25, -0.2) is 0 Å². The van der Waals surface area contributed by atoms with Crippen LogP contribution in [0.2, 0.25) is 0 Å². The highest BCUT2D eigenvalue weighted by Crippen LogP contribution is 2.22. The maximum atomic E-state index is 12.7. The van der Waals surface area contributed by atoms with Crippen molar-refractivity contribution < 1.29 is 19.4 Å². The van der Waals surface area contributed by atoms with Crippen molar-refractivity contribution >= 4 is 11.9 Å². The molecular weight excluding hydrogens is 376 g/mol. The SMILES string of the molecule is CCCCCCC(CCCCCCCCCC(=O)O)C(=O)OCC(CC)CCCC. The smallest absolute Gasteiger partial charge is 0.308 e. The molecule has 0 aliphatic rings. The van der Waals surface area contributed by atoms with Crippen LogP contribution in [0.15, 0.2) is 0 Å². The van der Waals surface area contributed by atoms with Crippen molar-refractivity contribution in [2.45, 2.75) is 136 Å². The number of carbonyl (C=O) groups excluding carboxylic acids is 1. The topological polar surface area (TPSA) is 63.6 Å². The molecule has 0 aliphatic carbocycles. The van der Waals surface area contributed by atoms with Gasteiger partial charge in [-0.05, 0) is 31.6 Å². The molecule has 1 N–H and O–H groups in total. The predicted octanol–water partition coefficient (Wildman–Crippen LogP) is 7.93. The maximum absolute atomic E-state index is 12.7. The molecule has 178 valence electrons. The average Bonchev–Trinajstić information content (AvgIpc) is 2.73. The summed E-state index contributed by atoms with van der Waals surface area (Å²) in [6.07, 6.45) is 19.2. The molecule has 0 heterocycles. The average molecular weight is 427 g/mol. The Morgan fingerprint density at radius 2 is 1.23 bits per heavy atom. The summed E-state index contributed by atoms with van der Waals surface area (Å²) in [7, 11) is 0. The van der Waals surface area contributed by atoms with Crippen LogP contribution in [-0.2, 0) is 14.3 Å². The maximum Gasteiger partial charge on any atom is 0.308 e. The number of rotatable bonds is 22. The van der Waals surface area contributed by atoms with E-state index < -0.39 is 5.97 Å². The van der Waals surface area contributed by atoms with Crippen molar-refractivity contribution in [3.8, 4) is 0 Å². The first-order chi connectivity index (χ1) is 14.5. The van der Waals surface area contributed by atoms with Gasteiger partial charge in [0.1, 0.15) is 0 Å². The van der Waals surface area contributed by atoms with Crippen LogP contribution in [0.5, 0.6) is 0 Å². The number of hydrogen-bond acceptors (Lipinski definition) is 3. The van der Waals surface area contributed by atoms with Crippen molar-refractivity contribution in [1.82, 2.24) is 0 Å². The third-order valence-corrected chi connectivity index (χ3v) is 6.19. The molecule has 0 spiro atoms. The molecule has 2 atom stereocenters. The minimum atomic E-state index is -0.692. The molecule has 0 fully saturated rings. The Morgan fingerprint density at radius 1 is 0.700 bits per heavy atom. The van der Waals surface area contributed by atoms with Crippen molar-refractivity contribution in [2.75, 3.05) is 6.61 Å². The lowest BCUT2D eigenvalue weighted by molar-refractivity contribution is -0.150. The summed E-state index contributed by atoms with van der Waals surface area (Å²) in [5.74, 6) is -0.0746. The molecule has 2 unspecified atom stereocenters. The van der Waals surface area contributed by atoms with E-state index in [4.69, 9.17) is 9.84 Å². The van der Waals surface area contributed by atoms with Gasteiger partial charge < -0.3 is 9.84 Å². The second-order valence-electron chi connectivity index (χ2n) is 9.00. The van der Waals surface area contributed by atoms with Gasteiger partial charge in [-0.3, -0.25) is 9.59 Å². The zero-order valence-electron chi connectivity index (χ0n) is 20.3. The van der Waals surface area contributed by atoms with E-state index in [1.165, 1.54) is 44.9 Å². The highest BCUT2D eigenvalue weighted by Gasteiger charge is 2.20. The molecule has 30 heavy (non-hydrogen) atoms. The second-order valence-corrected chi connectivity index (χ2v) is 9.00. The Labute approximate surface area is 186 Å². The quantitative estimate of drug-likeness (QED) is 0.141. The zero-order valence-corrected chi connectivity index (χ0v) is 20.3. The summed E-state index contributed by atoms with van der Waals surface area (Å²) in [4.78, 5) is 23.2. The molecule has 0 radical (unpaired) electrons. The Balaban J connectivity index is 4.16. The summed E-state index contributed by atoms with van der Waals surface area (Å²) < 4.78 is 5.77. The number of carboxylic acids is 1. The van der Waals surface area contributed by atoms with Crippen molar-refractivity contribution in [3.63, 3.8) is 0 Å². The third-order valence-electron chi connectivity index (χ3n) is 6.19. The van der Waals surface area contributed by atoms with E-state index in [1.807, 2.05) is 0 Å². The number of unbranched alkanes of at least 4 members (excludes halogenated alkanes) is 10. The van der Waals surface area contributed by atoms with E-state index >= 15 is 0 Å². The molecule has 0 saturated heterocycles. The first-order valence-electron chi connectivity index (χ1n) is 12.9. The summed E-state index contributed by atoms with van der Waals surface area (Å²) >= 11 is 0. The van der Waals surface area contributed by atoms with E-state index in [1.54, 1.807) is 0 Å². The standard InChI is InChI=1S/C26H50O4/c1-4-7-9-15-19-24(26(29)30-22-23(6-3)18-8-5-2)20-16-13-11-10-12-14-17-21-25(27)28/h23-24H,4-22H2,1-3H3,(H,27,28). The summed E-state index contributed by atoms with van der Waals surface area (Å²) in [6, 6.07) is 0. The Kier molecular flexibility index (Phi) is 20.4. The van der Waals surface area contributed by atoms with Crippen molar-refractivity contribution in [2.24, 2.45) is 11.8 Å². The monoisotopic (exact) mass is 426 g/mol. The first-order valence-corrected chi connectivity index (χ1v) is 12.9. The van der Waals surface area contributed by atoms with Crippen molar-refractivity contribution in [1.29, 1.82) is 0 Å². The number of hydrogen-bond donors (Lipinski definition) is 1. The Bertz CT molecular complexity index is 408. The lowest BCUT2D eigenvalue weighted by Crippen LogP contribution is -2.21. The van der Waals surface area contributed by atoms with Gasteiger partial charge in [0.15, 0.2) is 0 Å². The summed E-state index contributed by atoms with van der Waals surface area (Å²) in [6.45, 7) is 7.21. The van der Waals surface area contributed by atoms with Gasteiger partial charge >= 0.3 is 11.9 Å². The second kappa shape index (κ2) is 21.2. The molecule has 4 heteroatoms. The van der Waals surface area contributed by atoms with Gasteiger partial charge in [-0.1, -0.05) is 104 Å². The van der Waals surface area contributed by atoms with Gasteiger partial charge in [0.2, 0.25) is 0 Å². The fourth-order valence-electron chi connectivity index (χ4n) is 3.96. The van der Waals surface area contributed by atoms with Crippen LogP contribution in [0.1, 0.15) is 136 Å². The number of esters is 1. The Morgan fingerprint density at radius 3 is 1.77 bits per heavy atom. The number of carboxylic acid groups (broad SMARTS) is 1. The molecule has 4 nitrogen and oxygen atoms in total. The van der Waals surface area contributed by atoms with E-state index in [9.17, 15) is 9.59 Å². The molecule has 0 aliphatic heterocycles. The van der Waals surface area contributed by atoms with Gasteiger partial charge in [-0.2, -0.15) is 0 Å². The largest absolute Gasteiger partial charge is 0.481 e. The van der Waals surface area contributed by atoms with Crippen LogP contribution in [0.4, 0.5) is 0 Å². The van der Waals surface area contributed by atoms with E-state index in [0.717, 1.165) is 64.2 Å². The fourth-order valence-corrected chi connectivity index (χ4v) is 3.96. The lowest BCUT2D eigenvalue weighted by atomic mass is 9.94. The first kappa shape index (κ1) is 28.9. The van der Waals surface area contributed by atoms with Gasteiger partial charge in [0, 0.05) is 6.42 Å². The van der Waals surface area contributed by atoms with Crippen LogP contribution in [0.3, 0.4) is 0 Å². The Hall–Kier alpha value is -1.06. The highest BCUT2D eigenvalue weighted by molar-refractivity contribution is 5.72. The number of aliphatic carboxylic acids is 1. The molecule has 0 rings (SSSR count). The molecule has 0 amide bonds. The van der Waals surface area contributed by atoms with Crippen LogP contribution in [0.25, 0.3) is 0 Å². The molecule has 0 aromatic heterocycles. The van der Waals surface area contributed by atoms with Crippen LogP contribution < -0.4 is 0 Å². The van der Waals surface area contributed by atoms with E-state index in [-0.39, 0.29) is 11.9 Å². The van der Waals surface area contributed by atoms with E-state index in [0.29, 0.717) is 18.9 Å². The minimum absolute atomic E-state index is 0.0371. The molecule has 0 bridgehead atoms. The molecule has 0 saturated carbocycles. The zero-order chi connectivity index (χ0) is 22.5. The number of carbonyl (C=O) groups is 2. The molecular formula is C26H50O4. The van der Waals surface area contributed by atoms with E-state index in [2.05, 4.69) is 20.8 Å². The number of ether oxygens (including phenoxy) is 1. The van der Waals surface area contributed by atoms with Crippen molar-refractivity contribution in [3.05, 3.63) is 0 Å². The molecule has 0 aromatic carbocycles. The fraction of sp³-hybridized carbons (Fsp3) is 0.923. The summed E-state index contributed by atoms with van der Waals surface area (Å²) in [5.41, 5.74) is 0. The van der Waals surface area contributed by atoms with Gasteiger partial charge in [0.25, 0.3) is 0 Å². The highest BCUT2D eigenvalue weighted by atomic mass is 16.5. The van der Waals surface area contributed by atoms with Crippen LogP contribution in [0, 0.1) is 11.8 Å². The third kappa shape index (κ3) is 17.8. The summed E-state index contributed by atoms with van der Waals surface area (Å²) in [5, 5.41) is 8.66. The minimum Gasteiger partial charge on any atom is -0.481 e. The lowest BCUT2D eigenvalue weighted by Gasteiger charge is -2.19. The van der Waals surface area contributed by atoms with Crippen LogP contribution >= 0.6 is 0 Å². The van der Waals surface area contributed by atoms with Crippen LogP contribution in [-0.4, -0.2) is 23.7 Å². The van der Waals surface area contributed by atoms with Gasteiger partial charge in [0.05, 0.1) is 12.5 Å². The predicted molar refractivity (Wildman–Crippen MR) is 126 cm³/mol. The van der Waals surface area contributed by atoms with Gasteiger partial charge in [-0.15, -0.1) is 0 Å². The normalized spacial score (nSPS) is 13.2. The molecule has 0 aromatic rings.